The predicted octanol–water partition coefficient (Wildman–Crippen LogP) is 1.27. The van der Waals surface area contributed by atoms with Crippen molar-refractivity contribution >= 4 is 34.5 Å². The number of para-hydroxylation sites is 1. The Morgan fingerprint density at radius 2 is 1.75 bits per heavy atom. The Morgan fingerprint density at radius 1 is 1.00 bits per heavy atom. The van der Waals surface area contributed by atoms with E-state index in [-0.39, 0.29) is 21.9 Å². The Balaban J connectivity index is 2.69. The molecule has 0 aliphatic rings. The van der Waals surface area contributed by atoms with Crippen molar-refractivity contribution < 1.29 is 24.1 Å². The molecule has 3 aromatic rings. The molecule has 0 atom stereocenters. The van der Waals surface area contributed by atoms with Gasteiger partial charge in [0.05, 0.1) is 9.60 Å². The standard InChI is InChI=1S/C12H9BO3/c14-13(15)8-5-6-12-10(7-8)9-3-1-2-4-11(9)16-12/h1-7,14-15H/i1D,2D,3D,4D,5D,6D,7D. The lowest BCUT2D eigenvalue weighted by Crippen LogP contribution is -2.29. The van der Waals surface area contributed by atoms with Crippen LogP contribution in [0.2, 0.25) is 0 Å². The first-order valence-corrected chi connectivity index (χ1v) is 4.46. The fourth-order valence-electron chi connectivity index (χ4n) is 1.45. The highest BCUT2D eigenvalue weighted by Crippen LogP contribution is 2.27. The van der Waals surface area contributed by atoms with Gasteiger partial charge < -0.3 is 14.5 Å². The molecule has 4 heteroatoms. The lowest BCUT2D eigenvalue weighted by molar-refractivity contribution is 0.426. The van der Waals surface area contributed by atoms with Gasteiger partial charge >= 0.3 is 7.12 Å². The van der Waals surface area contributed by atoms with Gasteiger partial charge in [-0.15, -0.1) is 0 Å². The summed E-state index contributed by atoms with van der Waals surface area (Å²) in [5, 5.41) is 18.4. The minimum atomic E-state index is -2.16. The molecule has 2 aromatic carbocycles. The largest absolute Gasteiger partial charge is 0.488 e. The van der Waals surface area contributed by atoms with Crippen LogP contribution in [0.4, 0.5) is 0 Å². The summed E-state index contributed by atoms with van der Waals surface area (Å²) in [6, 6.07) is -3.61. The first-order chi connectivity index (χ1) is 10.7. The number of rotatable bonds is 1. The van der Waals surface area contributed by atoms with Crippen molar-refractivity contribution in [1.29, 1.82) is 0 Å². The molecule has 3 nitrogen and oxygen atoms in total. The van der Waals surface area contributed by atoms with Crippen molar-refractivity contribution in [2.75, 3.05) is 0 Å². The van der Waals surface area contributed by atoms with Crippen molar-refractivity contribution in [3.8, 4) is 0 Å². The highest BCUT2D eigenvalue weighted by molar-refractivity contribution is 6.59. The molecule has 0 saturated heterocycles. The molecule has 2 N–H and O–H groups in total. The Labute approximate surface area is 102 Å². The van der Waals surface area contributed by atoms with Crippen molar-refractivity contribution in [2.24, 2.45) is 0 Å². The molecule has 0 spiro atoms. The smallest absolute Gasteiger partial charge is 0.456 e. The Kier molecular flexibility index (Phi) is 0.971. The molecule has 78 valence electrons. The van der Waals surface area contributed by atoms with Crippen molar-refractivity contribution in [1.82, 2.24) is 0 Å². The first-order valence-electron chi connectivity index (χ1n) is 7.96. The topological polar surface area (TPSA) is 53.6 Å². The molecule has 0 bridgehead atoms. The van der Waals surface area contributed by atoms with Crippen LogP contribution in [0.1, 0.15) is 9.60 Å². The fourth-order valence-corrected chi connectivity index (χ4v) is 1.45. The van der Waals surface area contributed by atoms with Gasteiger partial charge in [-0.3, -0.25) is 0 Å². The maximum absolute atomic E-state index is 9.35. The molecule has 0 unspecified atom stereocenters. The van der Waals surface area contributed by atoms with Crippen molar-refractivity contribution in [3.63, 3.8) is 0 Å². The van der Waals surface area contributed by atoms with E-state index in [1.165, 1.54) is 0 Å². The summed E-state index contributed by atoms with van der Waals surface area (Å²) in [5.74, 6) is 0. The number of benzene rings is 2. The third-order valence-corrected chi connectivity index (χ3v) is 2.16. The second-order valence-electron chi connectivity index (χ2n) is 3.17. The molecule has 1 aromatic heterocycles. The molecule has 0 amide bonds. The van der Waals surface area contributed by atoms with Gasteiger partial charge in [0.25, 0.3) is 0 Å². The molecular weight excluding hydrogens is 203 g/mol. The van der Waals surface area contributed by atoms with Crippen LogP contribution in [0.5, 0.6) is 0 Å². The van der Waals surface area contributed by atoms with E-state index in [0.29, 0.717) is 0 Å². The van der Waals surface area contributed by atoms with Crippen LogP contribution in [-0.2, 0) is 0 Å². The summed E-state index contributed by atoms with van der Waals surface area (Å²) in [4.78, 5) is 0. The van der Waals surface area contributed by atoms with Crippen LogP contribution in [-0.4, -0.2) is 17.2 Å². The van der Waals surface area contributed by atoms with Crippen LogP contribution in [0.3, 0.4) is 0 Å². The molecule has 16 heavy (non-hydrogen) atoms. The van der Waals surface area contributed by atoms with E-state index in [1.54, 1.807) is 0 Å². The van der Waals surface area contributed by atoms with Gasteiger partial charge in [-0.25, -0.2) is 0 Å². The van der Waals surface area contributed by atoms with Crippen LogP contribution in [0.25, 0.3) is 21.9 Å². The number of fused-ring (bicyclic) bond motifs is 3. The van der Waals surface area contributed by atoms with E-state index in [9.17, 15) is 10.0 Å². The molecule has 0 aliphatic heterocycles. The van der Waals surface area contributed by atoms with Crippen LogP contribution in [0, 0.1) is 0 Å². The second-order valence-corrected chi connectivity index (χ2v) is 3.17. The Bertz CT molecular complexity index is 983. The number of furan rings is 1. The highest BCUT2D eigenvalue weighted by atomic mass is 16.4. The Morgan fingerprint density at radius 3 is 2.56 bits per heavy atom. The lowest BCUT2D eigenvalue weighted by atomic mass is 9.80. The molecule has 0 radical (unpaired) electrons. The summed E-state index contributed by atoms with van der Waals surface area (Å²) in [7, 11) is -2.16. The average molecular weight is 219 g/mol. The van der Waals surface area contributed by atoms with Gasteiger partial charge in [-0.05, 0) is 17.5 Å². The Hall–Kier alpha value is -1.78. The maximum Gasteiger partial charge on any atom is 0.488 e. The maximum atomic E-state index is 9.35. The van der Waals surface area contributed by atoms with Crippen LogP contribution in [0.15, 0.2) is 46.7 Å². The van der Waals surface area contributed by atoms with Gasteiger partial charge in [-0.1, -0.05) is 30.2 Å². The summed E-state index contributed by atoms with van der Waals surface area (Å²) in [6.45, 7) is 0. The van der Waals surface area contributed by atoms with Crippen molar-refractivity contribution in [2.45, 2.75) is 0 Å². The molecule has 1 heterocycles. The third kappa shape index (κ3) is 1.32. The minimum absolute atomic E-state index is 0.119. The van der Waals surface area contributed by atoms with E-state index >= 15 is 0 Å². The quantitative estimate of drug-likeness (QED) is 0.606. The normalized spacial score (nSPS) is 17.2. The van der Waals surface area contributed by atoms with Crippen LogP contribution < -0.4 is 5.46 Å². The molecule has 0 saturated carbocycles. The van der Waals surface area contributed by atoms with Gasteiger partial charge in [0.1, 0.15) is 11.2 Å². The molecular formula is C12H9BO3. The van der Waals surface area contributed by atoms with Crippen molar-refractivity contribution in [3.05, 3.63) is 42.3 Å². The minimum Gasteiger partial charge on any atom is -0.456 e. The highest BCUT2D eigenvalue weighted by Gasteiger charge is 2.13. The average Bonchev–Trinajstić information content (AvgIpc) is 2.89. The zero-order valence-corrected chi connectivity index (χ0v) is 7.88. The number of hydrogen-bond donors (Lipinski definition) is 2. The SMILES string of the molecule is [2H]c1c([2H])c([2H])c2c(oc3c([2H])c([2H])c(B(O)O)c([2H])c32)c1[2H]. The van der Waals surface area contributed by atoms with E-state index < -0.39 is 54.9 Å². The third-order valence-electron chi connectivity index (χ3n) is 2.16. The lowest BCUT2D eigenvalue weighted by Gasteiger charge is -1.97. The summed E-state index contributed by atoms with van der Waals surface area (Å²) < 4.78 is 60.2. The monoisotopic (exact) mass is 219 g/mol. The van der Waals surface area contributed by atoms with Gasteiger partial charge in [0.2, 0.25) is 0 Å². The fraction of sp³-hybridized carbons (Fsp3) is 0. The van der Waals surface area contributed by atoms with E-state index in [0.717, 1.165) is 0 Å². The van der Waals surface area contributed by atoms with Gasteiger partial charge in [-0.2, -0.15) is 0 Å². The predicted molar refractivity (Wildman–Crippen MR) is 63.5 cm³/mol. The zero-order chi connectivity index (χ0) is 17.2. The summed E-state index contributed by atoms with van der Waals surface area (Å²) >= 11 is 0. The second kappa shape index (κ2) is 3.37. The van der Waals surface area contributed by atoms with Gasteiger partial charge in [0.15, 0.2) is 0 Å². The summed E-state index contributed by atoms with van der Waals surface area (Å²) in [6.07, 6.45) is 0. The number of hydrogen-bond acceptors (Lipinski definition) is 3. The molecule has 0 fully saturated rings. The molecule has 3 rings (SSSR count). The van der Waals surface area contributed by atoms with E-state index in [4.69, 9.17) is 14.0 Å². The summed E-state index contributed by atoms with van der Waals surface area (Å²) in [5.41, 5.74) is -1.01. The van der Waals surface area contributed by atoms with Gasteiger partial charge in [0, 0.05) is 10.8 Å². The zero-order valence-electron chi connectivity index (χ0n) is 14.9. The molecule has 0 aliphatic carbocycles. The van der Waals surface area contributed by atoms with E-state index in [2.05, 4.69) is 0 Å². The van der Waals surface area contributed by atoms with Crippen LogP contribution >= 0.6 is 0 Å². The first kappa shape index (κ1) is 4.61. The van der Waals surface area contributed by atoms with E-state index in [1.807, 2.05) is 0 Å².